The second-order valence-electron chi connectivity index (χ2n) is 26.4. The van der Waals surface area contributed by atoms with Gasteiger partial charge >= 0.3 is 399 Å². The van der Waals surface area contributed by atoms with E-state index < -0.39 is 36.8 Å². The zero-order chi connectivity index (χ0) is 54.7. The molecule has 4 heterocycles. The molecule has 0 fully saturated rings. The van der Waals surface area contributed by atoms with E-state index in [1.165, 1.54) is 289 Å². The molecule has 0 saturated heterocycles. The van der Waals surface area contributed by atoms with Gasteiger partial charge in [0.1, 0.15) is 0 Å². The fourth-order valence-electron chi connectivity index (χ4n) is 11.8. The topological polar surface area (TPSA) is 0 Å². The Morgan fingerprint density at radius 2 is 0.513 bits per heavy atom. The summed E-state index contributed by atoms with van der Waals surface area (Å²) in [7, 11) is 0. The zero-order valence-electron chi connectivity index (χ0n) is 52.0. The van der Waals surface area contributed by atoms with Gasteiger partial charge in [0, 0.05) is 0 Å². The normalized spacial score (nSPS) is 13.1. The van der Waals surface area contributed by atoms with Crippen molar-refractivity contribution in [3.8, 4) is 29.3 Å². The van der Waals surface area contributed by atoms with Crippen LogP contribution in [0.4, 0.5) is 0 Å². The third kappa shape index (κ3) is 28.6. The summed E-state index contributed by atoms with van der Waals surface area (Å²) in [4.78, 5) is 25.2. The fourth-order valence-corrected chi connectivity index (χ4v) is 27.1. The zero-order valence-corrected chi connectivity index (χ0v) is 60.9. The van der Waals surface area contributed by atoms with Crippen molar-refractivity contribution in [1.29, 1.82) is 0 Å². The van der Waals surface area contributed by atoms with Gasteiger partial charge in [0.05, 0.1) is 0 Å². The summed E-state index contributed by atoms with van der Waals surface area (Å²) in [5.74, 6) is 1.64. The molecule has 0 aliphatic rings. The summed E-state index contributed by atoms with van der Waals surface area (Å²) < 4.78 is 3.55. The molecule has 4 aromatic heterocycles. The first-order chi connectivity index (χ1) is 36.9. The SMILES string of the molecule is CCCCCCCCCCCCC(CCCCCCCCCC)Cc1c[c]([Sn]([CH3])([CH3])[CH3])sc1-c1ccc(-c2ccc(-c3s[c]([Sn]([CH3])([CH3])[CH3])cc3CC(CCCCCCCCCC)CCCCCCCCCCCC)s2)s1. The molecule has 2 unspecified atom stereocenters. The fraction of sp³-hybridized carbons (Fsp3) is 0.771. The second kappa shape index (κ2) is 41.4. The van der Waals surface area contributed by atoms with Gasteiger partial charge in [-0.15, -0.1) is 0 Å². The Morgan fingerprint density at radius 1 is 0.289 bits per heavy atom. The molecule has 0 bridgehead atoms. The standard InChI is InChI=1S/C64H104S4.6CH3.2Sn/c1-5-9-13-17-21-25-27-31-35-39-43-55(41-37-33-29-23-19-15-11-7-3)53-57-49-51-65-63(57)61-47-45-59(67-61)60-46-48-62(68-60)64-58(50-52-66-64)54-56(42-38-34-30-24-20-16-12-8-4)44-40-36-32-28-26-22-18-14-10-6-2;;;;;;;;/h45-50,55-56H,5-44,53-54H2,1-4H3;6*1H3;;. The molecule has 0 aliphatic carbocycles. The van der Waals surface area contributed by atoms with Crippen LogP contribution in [-0.4, -0.2) is 36.8 Å². The van der Waals surface area contributed by atoms with Crippen molar-refractivity contribution in [3.05, 3.63) is 47.5 Å². The molecule has 0 saturated carbocycles. The van der Waals surface area contributed by atoms with Crippen LogP contribution in [0.1, 0.15) is 296 Å². The summed E-state index contributed by atoms with van der Waals surface area (Å²) in [5.41, 5.74) is 3.40. The predicted octanol–water partition coefficient (Wildman–Crippen LogP) is 26.0. The predicted molar refractivity (Wildman–Crippen MR) is 362 cm³/mol. The summed E-state index contributed by atoms with van der Waals surface area (Å²) in [6, 6.07) is 15.6. The van der Waals surface area contributed by atoms with E-state index in [0.29, 0.717) is 0 Å². The number of hydrogen-bond acceptors (Lipinski definition) is 4. The Morgan fingerprint density at radius 3 is 0.750 bits per heavy atom. The van der Waals surface area contributed by atoms with Crippen molar-refractivity contribution >= 4 is 87.9 Å². The van der Waals surface area contributed by atoms with E-state index in [-0.39, 0.29) is 0 Å². The van der Waals surface area contributed by atoms with Gasteiger partial charge in [-0.05, 0) is 0 Å². The first-order valence-corrected chi connectivity index (χ1v) is 56.6. The molecule has 4 rings (SSSR count). The Bertz CT molecular complexity index is 1850. The molecule has 0 aromatic carbocycles. The first-order valence-electron chi connectivity index (χ1n) is 33.3. The van der Waals surface area contributed by atoms with Crippen LogP contribution < -0.4 is 5.79 Å². The first kappa shape index (κ1) is 68.9. The van der Waals surface area contributed by atoms with E-state index in [2.05, 4.69) is 139 Å². The molecule has 6 heteroatoms. The van der Waals surface area contributed by atoms with E-state index >= 15 is 0 Å². The molecule has 2 atom stereocenters. The number of unbranched alkanes of at least 4 members (excludes halogenated alkanes) is 32. The van der Waals surface area contributed by atoms with Gasteiger partial charge in [0.15, 0.2) is 0 Å². The van der Waals surface area contributed by atoms with E-state index in [1.54, 1.807) is 26.7 Å². The maximum absolute atomic E-state index is 2.76. The van der Waals surface area contributed by atoms with Crippen LogP contribution in [0.2, 0.25) is 29.6 Å². The molecule has 0 aliphatic heterocycles. The Kier molecular flexibility index (Phi) is 37.5. The molecule has 4 aromatic rings. The Balaban J connectivity index is 1.50. The Labute approximate surface area is 498 Å². The third-order valence-electron chi connectivity index (χ3n) is 16.9. The summed E-state index contributed by atoms with van der Waals surface area (Å²) in [6.45, 7) is 9.35. The van der Waals surface area contributed by atoms with Crippen LogP contribution in [0.15, 0.2) is 36.4 Å². The van der Waals surface area contributed by atoms with Crippen LogP contribution in [0.25, 0.3) is 29.3 Å². The van der Waals surface area contributed by atoms with Crippen LogP contribution in [0, 0.1) is 11.8 Å². The third-order valence-corrected chi connectivity index (χ3v) is 40.8. The molecule has 0 spiro atoms. The van der Waals surface area contributed by atoms with Crippen LogP contribution in [0.3, 0.4) is 0 Å². The van der Waals surface area contributed by atoms with Crippen molar-refractivity contribution in [3.63, 3.8) is 0 Å². The number of hydrogen-bond donors (Lipinski definition) is 0. The minimum absolute atomic E-state index is 0.822. The van der Waals surface area contributed by atoms with Crippen molar-refractivity contribution in [2.24, 2.45) is 11.8 Å². The summed E-state index contributed by atoms with van der Waals surface area (Å²) in [6.07, 6.45) is 59.8. The average molecular weight is 1330 g/mol. The second-order valence-corrected chi connectivity index (χ2v) is 61.5. The van der Waals surface area contributed by atoms with Gasteiger partial charge in [-0.1, -0.05) is 105 Å². The van der Waals surface area contributed by atoms with Gasteiger partial charge in [0.25, 0.3) is 0 Å². The van der Waals surface area contributed by atoms with Crippen molar-refractivity contribution in [1.82, 2.24) is 0 Å². The molecule has 0 nitrogen and oxygen atoms in total. The molecular formula is C70H122S4Sn2. The molecule has 0 radical (unpaired) electrons. The van der Waals surface area contributed by atoms with Crippen molar-refractivity contribution in [2.45, 2.75) is 327 Å². The van der Waals surface area contributed by atoms with Crippen LogP contribution >= 0.6 is 45.3 Å². The van der Waals surface area contributed by atoms with Crippen molar-refractivity contribution < 1.29 is 0 Å². The molecular weight excluding hydrogens is 1210 g/mol. The van der Waals surface area contributed by atoms with E-state index in [0.717, 1.165) is 11.8 Å². The molecule has 434 valence electrons. The monoisotopic (exact) mass is 1330 g/mol. The Hall–Kier alpha value is 0.397. The van der Waals surface area contributed by atoms with Gasteiger partial charge in [-0.2, -0.15) is 0 Å². The minimum atomic E-state index is -2.29. The van der Waals surface area contributed by atoms with Crippen LogP contribution in [-0.2, 0) is 12.8 Å². The summed E-state index contributed by atoms with van der Waals surface area (Å²) >= 11 is 4.04. The molecule has 0 amide bonds. The van der Waals surface area contributed by atoms with Gasteiger partial charge in [-0.3, -0.25) is 0 Å². The number of rotatable bonds is 49. The quantitative estimate of drug-likeness (QED) is 0.0305. The van der Waals surface area contributed by atoms with Gasteiger partial charge < -0.3 is 0 Å². The average Bonchev–Trinajstić information content (AvgIpc) is 4.25. The van der Waals surface area contributed by atoms with E-state index in [9.17, 15) is 0 Å². The maximum atomic E-state index is 2.76. The molecule has 0 N–H and O–H groups in total. The molecule has 76 heavy (non-hydrogen) atoms. The van der Waals surface area contributed by atoms with E-state index in [4.69, 9.17) is 0 Å². The number of thiophene rings is 4. The van der Waals surface area contributed by atoms with E-state index in [1.807, 2.05) is 0 Å². The van der Waals surface area contributed by atoms with Gasteiger partial charge in [0.2, 0.25) is 0 Å². The van der Waals surface area contributed by atoms with Crippen LogP contribution in [0.5, 0.6) is 0 Å². The summed E-state index contributed by atoms with van der Waals surface area (Å²) in [5, 5.41) is 0. The van der Waals surface area contributed by atoms with Crippen molar-refractivity contribution in [2.75, 3.05) is 0 Å². The van der Waals surface area contributed by atoms with Gasteiger partial charge in [-0.25, -0.2) is 0 Å².